The summed E-state index contributed by atoms with van der Waals surface area (Å²) in [7, 11) is 4.08. The number of para-hydroxylation sites is 1. The molecular weight excluding hydrogens is 266 g/mol. The summed E-state index contributed by atoms with van der Waals surface area (Å²) in [6, 6.07) is 9.68. The summed E-state index contributed by atoms with van der Waals surface area (Å²) in [5.41, 5.74) is 1.07. The van der Waals surface area contributed by atoms with Gasteiger partial charge < -0.3 is 15.0 Å². The van der Waals surface area contributed by atoms with E-state index in [2.05, 4.69) is 10.2 Å². The smallest absolute Gasteiger partial charge is 0.234 e. The maximum atomic E-state index is 11.2. The minimum absolute atomic E-state index is 0.0946. The first-order valence-corrected chi connectivity index (χ1v) is 7.12. The van der Waals surface area contributed by atoms with Crippen LogP contribution >= 0.6 is 0 Å². The molecule has 0 aliphatic rings. The van der Waals surface area contributed by atoms with E-state index in [1.165, 1.54) is 0 Å². The minimum Gasteiger partial charge on any atom is -0.493 e. The lowest BCUT2D eigenvalue weighted by Gasteiger charge is -2.13. The lowest BCUT2D eigenvalue weighted by atomic mass is 10.1. The topological polar surface area (TPSA) is 65.4 Å². The van der Waals surface area contributed by atoms with Gasteiger partial charge in [-0.25, -0.2) is 0 Å². The van der Waals surface area contributed by atoms with E-state index < -0.39 is 0 Å². The Balaban J connectivity index is 2.40. The number of amides is 1. The number of rotatable bonds is 9. The fraction of sp³-hybridized carbons (Fsp3) is 0.500. The number of nitriles is 1. The van der Waals surface area contributed by atoms with E-state index in [1.807, 2.05) is 44.4 Å². The van der Waals surface area contributed by atoms with Crippen molar-refractivity contribution in [3.8, 4) is 11.8 Å². The minimum atomic E-state index is -0.234. The average molecular weight is 289 g/mol. The lowest BCUT2D eigenvalue weighted by Crippen LogP contribution is -2.25. The summed E-state index contributed by atoms with van der Waals surface area (Å²) < 4.78 is 5.80. The van der Waals surface area contributed by atoms with E-state index in [-0.39, 0.29) is 12.3 Å². The number of carbonyl (C=O) groups excluding carboxylic acids is 1. The zero-order valence-corrected chi connectivity index (χ0v) is 12.8. The zero-order chi connectivity index (χ0) is 15.5. The summed E-state index contributed by atoms with van der Waals surface area (Å²) in [6.45, 7) is 2.18. The van der Waals surface area contributed by atoms with Crippen LogP contribution in [0.4, 0.5) is 0 Å². The maximum absolute atomic E-state index is 11.2. The molecule has 0 aliphatic carbocycles. The Morgan fingerprint density at radius 2 is 2.14 bits per heavy atom. The van der Waals surface area contributed by atoms with E-state index in [0.29, 0.717) is 19.6 Å². The highest BCUT2D eigenvalue weighted by Crippen LogP contribution is 2.18. The number of nitrogens with one attached hydrogen (secondary N) is 1. The van der Waals surface area contributed by atoms with Crippen LogP contribution in [0.25, 0.3) is 0 Å². The molecule has 5 nitrogen and oxygen atoms in total. The van der Waals surface area contributed by atoms with Crippen LogP contribution in [0, 0.1) is 11.3 Å². The molecule has 5 heteroatoms. The van der Waals surface area contributed by atoms with Crippen molar-refractivity contribution in [2.45, 2.75) is 19.3 Å². The first kappa shape index (κ1) is 17.0. The SMILES string of the molecule is CN(C)CCCOc1ccccc1CCNC(=O)CC#N. The molecule has 1 rings (SSSR count). The van der Waals surface area contributed by atoms with Crippen LogP contribution in [-0.2, 0) is 11.2 Å². The monoisotopic (exact) mass is 289 g/mol. The quantitative estimate of drug-likeness (QED) is 0.701. The van der Waals surface area contributed by atoms with E-state index in [4.69, 9.17) is 10.00 Å². The molecule has 0 bridgehead atoms. The molecule has 0 unspecified atom stereocenters. The Bertz CT molecular complexity index is 481. The summed E-state index contributed by atoms with van der Waals surface area (Å²) in [6.07, 6.45) is 1.57. The fourth-order valence-electron chi connectivity index (χ4n) is 1.88. The zero-order valence-electron chi connectivity index (χ0n) is 12.8. The largest absolute Gasteiger partial charge is 0.493 e. The molecule has 0 fully saturated rings. The summed E-state index contributed by atoms with van der Waals surface area (Å²) >= 11 is 0. The fourth-order valence-corrected chi connectivity index (χ4v) is 1.88. The molecular formula is C16H23N3O2. The van der Waals surface area contributed by atoms with Crippen molar-refractivity contribution in [1.82, 2.24) is 10.2 Å². The normalized spacial score (nSPS) is 10.2. The molecule has 0 atom stereocenters. The van der Waals surface area contributed by atoms with Crippen molar-refractivity contribution >= 4 is 5.91 Å². The number of carbonyl (C=O) groups is 1. The van der Waals surface area contributed by atoms with Crippen LogP contribution < -0.4 is 10.1 Å². The molecule has 1 amide bonds. The van der Waals surface area contributed by atoms with Gasteiger partial charge in [0.05, 0.1) is 12.7 Å². The van der Waals surface area contributed by atoms with Crippen LogP contribution in [-0.4, -0.2) is 44.6 Å². The first-order chi connectivity index (χ1) is 10.1. The van der Waals surface area contributed by atoms with E-state index >= 15 is 0 Å². The number of hydrogen-bond donors (Lipinski definition) is 1. The Morgan fingerprint density at radius 3 is 2.86 bits per heavy atom. The van der Waals surface area contributed by atoms with Gasteiger partial charge in [-0.2, -0.15) is 5.26 Å². The second kappa shape index (κ2) is 9.78. The highest BCUT2D eigenvalue weighted by molar-refractivity contribution is 5.77. The van der Waals surface area contributed by atoms with Gasteiger partial charge in [-0.15, -0.1) is 0 Å². The molecule has 1 aromatic rings. The van der Waals surface area contributed by atoms with E-state index in [1.54, 1.807) is 0 Å². The van der Waals surface area contributed by atoms with Crippen molar-refractivity contribution in [3.05, 3.63) is 29.8 Å². The van der Waals surface area contributed by atoms with Crippen LogP contribution in [0.5, 0.6) is 5.75 Å². The van der Waals surface area contributed by atoms with Gasteiger partial charge in [0.1, 0.15) is 12.2 Å². The van der Waals surface area contributed by atoms with Crippen molar-refractivity contribution < 1.29 is 9.53 Å². The maximum Gasteiger partial charge on any atom is 0.234 e. The van der Waals surface area contributed by atoms with Crippen LogP contribution in [0.1, 0.15) is 18.4 Å². The molecule has 0 spiro atoms. The second-order valence-corrected chi connectivity index (χ2v) is 5.05. The standard InChI is InChI=1S/C16H23N3O2/c1-19(2)12-5-13-21-15-7-4-3-6-14(15)9-11-18-16(20)8-10-17/h3-4,6-7H,5,8-9,11-13H2,1-2H3,(H,18,20). The molecule has 114 valence electrons. The predicted molar refractivity (Wildman–Crippen MR) is 82.1 cm³/mol. The Kier molecular flexibility index (Phi) is 7.92. The Hall–Kier alpha value is -2.06. The third-order valence-corrected chi connectivity index (χ3v) is 2.94. The van der Waals surface area contributed by atoms with Crippen molar-refractivity contribution in [2.24, 2.45) is 0 Å². The van der Waals surface area contributed by atoms with Gasteiger partial charge in [0.2, 0.25) is 5.91 Å². The lowest BCUT2D eigenvalue weighted by molar-refractivity contribution is -0.120. The number of nitrogens with zero attached hydrogens (tertiary/aromatic N) is 2. The molecule has 0 radical (unpaired) electrons. The third kappa shape index (κ3) is 7.33. The molecule has 0 aliphatic heterocycles. The Morgan fingerprint density at radius 1 is 1.38 bits per heavy atom. The summed E-state index contributed by atoms with van der Waals surface area (Å²) in [5.74, 6) is 0.632. The summed E-state index contributed by atoms with van der Waals surface area (Å²) in [4.78, 5) is 13.3. The second-order valence-electron chi connectivity index (χ2n) is 5.05. The van der Waals surface area contributed by atoms with Crippen LogP contribution in [0.3, 0.4) is 0 Å². The van der Waals surface area contributed by atoms with Gasteiger partial charge in [-0.3, -0.25) is 4.79 Å². The van der Waals surface area contributed by atoms with E-state index in [9.17, 15) is 4.79 Å². The number of benzene rings is 1. The van der Waals surface area contributed by atoms with E-state index in [0.717, 1.165) is 24.3 Å². The van der Waals surface area contributed by atoms with Gasteiger partial charge in [0, 0.05) is 13.1 Å². The van der Waals surface area contributed by atoms with Crippen molar-refractivity contribution in [1.29, 1.82) is 5.26 Å². The van der Waals surface area contributed by atoms with Crippen molar-refractivity contribution in [2.75, 3.05) is 33.8 Å². The number of hydrogen-bond acceptors (Lipinski definition) is 4. The number of ether oxygens (including phenoxy) is 1. The van der Waals surface area contributed by atoms with Gasteiger partial charge in [-0.05, 0) is 38.6 Å². The highest BCUT2D eigenvalue weighted by Gasteiger charge is 2.04. The predicted octanol–water partition coefficient (Wildman–Crippen LogP) is 1.59. The molecule has 0 saturated carbocycles. The van der Waals surface area contributed by atoms with Gasteiger partial charge >= 0.3 is 0 Å². The molecule has 1 N–H and O–H groups in total. The molecule has 0 aromatic heterocycles. The Labute approximate surface area is 126 Å². The molecule has 21 heavy (non-hydrogen) atoms. The average Bonchev–Trinajstić information content (AvgIpc) is 2.45. The van der Waals surface area contributed by atoms with Crippen LogP contribution in [0.2, 0.25) is 0 Å². The molecule has 0 heterocycles. The molecule has 0 saturated heterocycles. The molecule has 1 aromatic carbocycles. The van der Waals surface area contributed by atoms with Gasteiger partial charge in [0.25, 0.3) is 0 Å². The first-order valence-electron chi connectivity index (χ1n) is 7.12. The van der Waals surface area contributed by atoms with Gasteiger partial charge in [-0.1, -0.05) is 18.2 Å². The van der Waals surface area contributed by atoms with Crippen LogP contribution in [0.15, 0.2) is 24.3 Å². The third-order valence-electron chi connectivity index (χ3n) is 2.94. The van der Waals surface area contributed by atoms with Crippen molar-refractivity contribution in [3.63, 3.8) is 0 Å². The highest BCUT2D eigenvalue weighted by atomic mass is 16.5. The summed E-state index contributed by atoms with van der Waals surface area (Å²) in [5, 5.41) is 11.1. The van der Waals surface area contributed by atoms with Gasteiger partial charge in [0.15, 0.2) is 0 Å².